The van der Waals surface area contributed by atoms with Crippen LogP contribution in [-0.2, 0) is 0 Å². The highest BCUT2D eigenvalue weighted by molar-refractivity contribution is 5.18. The fourth-order valence-electron chi connectivity index (χ4n) is 1.30. The summed E-state index contributed by atoms with van der Waals surface area (Å²) >= 11 is 0. The number of methoxy groups -OCH3 is 1. The largest absolute Gasteiger partial charge is 0.481 e. The van der Waals surface area contributed by atoms with Gasteiger partial charge in [-0.2, -0.15) is 5.26 Å². The zero-order chi connectivity index (χ0) is 11.3. The molecule has 0 aliphatic rings. The molecule has 0 fully saturated rings. The van der Waals surface area contributed by atoms with Crippen LogP contribution < -0.4 is 4.74 Å². The quantitative estimate of drug-likeness (QED) is 0.813. The van der Waals surface area contributed by atoms with Gasteiger partial charge in [0, 0.05) is 6.07 Å². The maximum atomic E-state index is 9.86. The van der Waals surface area contributed by atoms with Gasteiger partial charge in [0.25, 0.3) is 0 Å². The Bertz CT molecular complexity index is 360. The number of aromatic nitrogens is 1. The zero-order valence-electron chi connectivity index (χ0n) is 8.84. The van der Waals surface area contributed by atoms with Crippen LogP contribution in [0.25, 0.3) is 0 Å². The summed E-state index contributed by atoms with van der Waals surface area (Å²) in [5.41, 5.74) is 0.475. The molecule has 2 unspecified atom stereocenters. The fourth-order valence-corrected chi connectivity index (χ4v) is 1.30. The van der Waals surface area contributed by atoms with Gasteiger partial charge >= 0.3 is 0 Å². The van der Waals surface area contributed by atoms with Crippen molar-refractivity contribution in [3.05, 3.63) is 23.9 Å². The number of hydrogen-bond donors (Lipinski definition) is 1. The van der Waals surface area contributed by atoms with Crippen molar-refractivity contribution in [1.29, 1.82) is 5.26 Å². The third-order valence-electron chi connectivity index (χ3n) is 2.24. The Morgan fingerprint density at radius 1 is 1.60 bits per heavy atom. The summed E-state index contributed by atoms with van der Waals surface area (Å²) < 4.78 is 4.95. The van der Waals surface area contributed by atoms with Crippen molar-refractivity contribution in [2.45, 2.75) is 19.4 Å². The molecule has 0 aliphatic carbocycles. The molecular formula is C11H14N2O2. The van der Waals surface area contributed by atoms with Gasteiger partial charge in [0.15, 0.2) is 0 Å². The predicted octanol–water partition coefficient (Wildman–Crippen LogP) is 1.67. The van der Waals surface area contributed by atoms with Gasteiger partial charge in [-0.25, -0.2) is 4.98 Å². The molecule has 4 nitrogen and oxygen atoms in total. The first-order valence-electron chi connectivity index (χ1n) is 4.81. The van der Waals surface area contributed by atoms with Crippen molar-refractivity contribution < 1.29 is 9.84 Å². The summed E-state index contributed by atoms with van der Waals surface area (Å²) in [4.78, 5) is 4.08. The van der Waals surface area contributed by atoms with Crippen LogP contribution in [0, 0.1) is 17.2 Å². The van der Waals surface area contributed by atoms with Crippen LogP contribution in [0.3, 0.4) is 0 Å². The third kappa shape index (κ3) is 2.67. The summed E-state index contributed by atoms with van der Waals surface area (Å²) in [6, 6.07) is 7.19. The number of pyridine rings is 1. The normalized spacial score (nSPS) is 14.0. The Kier molecular flexibility index (Phi) is 4.07. The van der Waals surface area contributed by atoms with Crippen LogP contribution in [-0.4, -0.2) is 17.2 Å². The van der Waals surface area contributed by atoms with Crippen molar-refractivity contribution in [2.24, 2.45) is 5.92 Å². The van der Waals surface area contributed by atoms with Crippen molar-refractivity contribution >= 4 is 0 Å². The number of nitriles is 1. The van der Waals surface area contributed by atoms with E-state index in [-0.39, 0.29) is 0 Å². The third-order valence-corrected chi connectivity index (χ3v) is 2.24. The SMILES string of the molecule is CCC(C#N)C(O)c1cccc(OC)n1. The van der Waals surface area contributed by atoms with Crippen LogP contribution in [0.15, 0.2) is 18.2 Å². The highest BCUT2D eigenvalue weighted by atomic mass is 16.5. The molecule has 0 aromatic carbocycles. The fraction of sp³-hybridized carbons (Fsp3) is 0.455. The molecule has 1 rings (SSSR count). The summed E-state index contributed by atoms with van der Waals surface area (Å²) in [6.07, 6.45) is -0.258. The first kappa shape index (κ1) is 11.5. The first-order valence-corrected chi connectivity index (χ1v) is 4.81. The molecule has 0 spiro atoms. The maximum absolute atomic E-state index is 9.86. The molecule has 0 bridgehead atoms. The second-order valence-corrected chi connectivity index (χ2v) is 3.19. The number of aliphatic hydroxyl groups excluding tert-OH is 1. The minimum atomic E-state index is -0.852. The highest BCUT2D eigenvalue weighted by Gasteiger charge is 2.20. The number of rotatable bonds is 4. The monoisotopic (exact) mass is 206 g/mol. The molecule has 1 N–H and O–H groups in total. The molecule has 80 valence electrons. The Morgan fingerprint density at radius 2 is 2.33 bits per heavy atom. The summed E-state index contributed by atoms with van der Waals surface area (Å²) in [5, 5.41) is 18.7. The summed E-state index contributed by atoms with van der Waals surface area (Å²) in [6.45, 7) is 1.86. The molecule has 4 heteroatoms. The molecule has 0 saturated carbocycles. The van der Waals surface area contributed by atoms with Gasteiger partial charge in [-0.05, 0) is 12.5 Å². The topological polar surface area (TPSA) is 66.1 Å². The van der Waals surface area contributed by atoms with E-state index >= 15 is 0 Å². The summed E-state index contributed by atoms with van der Waals surface area (Å²) in [7, 11) is 1.51. The van der Waals surface area contributed by atoms with Gasteiger partial charge in [-0.1, -0.05) is 13.0 Å². The van der Waals surface area contributed by atoms with Gasteiger partial charge in [0.1, 0.15) is 6.10 Å². The minimum Gasteiger partial charge on any atom is -0.481 e. The van der Waals surface area contributed by atoms with Gasteiger partial charge in [-0.15, -0.1) is 0 Å². The smallest absolute Gasteiger partial charge is 0.213 e. The van der Waals surface area contributed by atoms with E-state index in [4.69, 9.17) is 10.00 Å². The molecule has 0 amide bonds. The van der Waals surface area contributed by atoms with Gasteiger partial charge in [0.05, 0.1) is 24.8 Å². The number of aliphatic hydroxyl groups is 1. The van der Waals surface area contributed by atoms with E-state index in [1.807, 2.05) is 6.92 Å². The second kappa shape index (κ2) is 5.32. The van der Waals surface area contributed by atoms with E-state index in [9.17, 15) is 5.11 Å². The summed E-state index contributed by atoms with van der Waals surface area (Å²) in [5.74, 6) is 0.0175. The molecular weight excluding hydrogens is 192 g/mol. The molecule has 0 radical (unpaired) electrons. The van der Waals surface area contributed by atoms with Crippen LogP contribution in [0.1, 0.15) is 25.1 Å². The predicted molar refractivity (Wildman–Crippen MR) is 55.1 cm³/mol. The van der Waals surface area contributed by atoms with Crippen LogP contribution in [0.4, 0.5) is 0 Å². The molecule has 1 heterocycles. The average Bonchev–Trinajstić information content (AvgIpc) is 2.30. The Morgan fingerprint density at radius 3 is 2.87 bits per heavy atom. The lowest BCUT2D eigenvalue weighted by Crippen LogP contribution is -2.11. The van der Waals surface area contributed by atoms with E-state index in [0.29, 0.717) is 18.0 Å². The lowest BCUT2D eigenvalue weighted by Gasteiger charge is -2.14. The van der Waals surface area contributed by atoms with Crippen molar-refractivity contribution in [3.63, 3.8) is 0 Å². The number of hydrogen-bond acceptors (Lipinski definition) is 4. The van der Waals surface area contributed by atoms with Crippen molar-refractivity contribution in [2.75, 3.05) is 7.11 Å². The maximum Gasteiger partial charge on any atom is 0.213 e. The number of nitrogens with zero attached hydrogens (tertiary/aromatic N) is 2. The molecule has 1 aromatic heterocycles. The number of ether oxygens (including phenoxy) is 1. The Hall–Kier alpha value is -1.60. The van der Waals surface area contributed by atoms with Gasteiger partial charge < -0.3 is 9.84 Å². The van der Waals surface area contributed by atoms with E-state index in [2.05, 4.69) is 11.1 Å². The average molecular weight is 206 g/mol. The Balaban J connectivity index is 2.90. The standard InChI is InChI=1S/C11H14N2O2/c1-3-8(7-12)11(14)9-5-4-6-10(13-9)15-2/h4-6,8,11,14H,3H2,1-2H3. The van der Waals surface area contributed by atoms with Crippen LogP contribution in [0.2, 0.25) is 0 Å². The van der Waals surface area contributed by atoms with E-state index in [1.165, 1.54) is 7.11 Å². The van der Waals surface area contributed by atoms with Gasteiger partial charge in [-0.3, -0.25) is 0 Å². The Labute approximate surface area is 89.1 Å². The van der Waals surface area contributed by atoms with Crippen LogP contribution >= 0.6 is 0 Å². The molecule has 15 heavy (non-hydrogen) atoms. The first-order chi connectivity index (χ1) is 7.22. The van der Waals surface area contributed by atoms with E-state index in [0.717, 1.165) is 0 Å². The van der Waals surface area contributed by atoms with Crippen molar-refractivity contribution in [1.82, 2.24) is 4.98 Å². The molecule has 0 saturated heterocycles. The van der Waals surface area contributed by atoms with Crippen molar-refractivity contribution in [3.8, 4) is 11.9 Å². The van der Waals surface area contributed by atoms with Crippen LogP contribution in [0.5, 0.6) is 5.88 Å². The van der Waals surface area contributed by atoms with E-state index < -0.39 is 12.0 Å². The van der Waals surface area contributed by atoms with E-state index in [1.54, 1.807) is 18.2 Å². The minimum absolute atomic E-state index is 0.426. The highest BCUT2D eigenvalue weighted by Crippen LogP contribution is 2.23. The lowest BCUT2D eigenvalue weighted by molar-refractivity contribution is 0.127. The second-order valence-electron chi connectivity index (χ2n) is 3.19. The molecule has 0 aliphatic heterocycles. The van der Waals surface area contributed by atoms with Gasteiger partial charge in [0.2, 0.25) is 5.88 Å². The zero-order valence-corrected chi connectivity index (χ0v) is 8.84. The lowest BCUT2D eigenvalue weighted by atomic mass is 9.98. The molecule has 1 aromatic rings. The molecule has 2 atom stereocenters.